The van der Waals surface area contributed by atoms with Gasteiger partial charge < -0.3 is 16.2 Å². The van der Waals surface area contributed by atoms with Crippen LogP contribution < -0.4 is 11.1 Å². The number of halogens is 1. The molecule has 0 heterocycles. The normalized spacial score (nSPS) is 14.1. The highest BCUT2D eigenvalue weighted by Gasteiger charge is 2.14. The molecule has 0 saturated heterocycles. The van der Waals surface area contributed by atoms with Gasteiger partial charge in [0.05, 0.1) is 11.7 Å². The molecule has 0 aromatic heterocycles. The van der Waals surface area contributed by atoms with Gasteiger partial charge in [0.2, 0.25) is 0 Å². The molecule has 1 amide bonds. The van der Waals surface area contributed by atoms with E-state index in [-0.39, 0.29) is 11.9 Å². The number of carbonyl (C=O) groups is 1. The van der Waals surface area contributed by atoms with Crippen LogP contribution in [-0.2, 0) is 0 Å². The molecule has 1 rings (SSSR count). The fraction of sp³-hybridized carbons (Fsp3) is 0.417. The number of anilines is 1. The Hall–Kier alpha value is -1.07. The fourth-order valence-electron chi connectivity index (χ4n) is 1.59. The zero-order chi connectivity index (χ0) is 13.0. The van der Waals surface area contributed by atoms with Crippen molar-refractivity contribution in [2.45, 2.75) is 32.4 Å². The van der Waals surface area contributed by atoms with Gasteiger partial charge in [0.1, 0.15) is 0 Å². The molecule has 0 radical (unpaired) electrons. The second-order valence-electron chi connectivity index (χ2n) is 4.20. The molecule has 94 valence electrons. The van der Waals surface area contributed by atoms with E-state index >= 15 is 0 Å². The summed E-state index contributed by atoms with van der Waals surface area (Å²) in [6.07, 6.45) is 0.0839. The van der Waals surface area contributed by atoms with Crippen molar-refractivity contribution in [3.8, 4) is 0 Å². The van der Waals surface area contributed by atoms with Gasteiger partial charge in [-0.05, 0) is 54.4 Å². The number of nitrogens with one attached hydrogen (secondary N) is 1. The van der Waals surface area contributed by atoms with E-state index in [1.807, 2.05) is 6.92 Å². The maximum absolute atomic E-state index is 11.9. The molecule has 0 aliphatic heterocycles. The zero-order valence-electron chi connectivity index (χ0n) is 9.90. The van der Waals surface area contributed by atoms with Crippen molar-refractivity contribution in [1.82, 2.24) is 5.32 Å². The SMILES string of the molecule is CC(O)CC(C)NC(=O)c1cc(N)ccc1Br. The third-order valence-electron chi connectivity index (χ3n) is 2.31. The van der Waals surface area contributed by atoms with Crippen LogP contribution in [-0.4, -0.2) is 23.2 Å². The number of carbonyl (C=O) groups excluding carboxylic acids is 1. The molecule has 0 aliphatic rings. The lowest BCUT2D eigenvalue weighted by Crippen LogP contribution is -2.34. The van der Waals surface area contributed by atoms with Crippen molar-refractivity contribution in [1.29, 1.82) is 0 Å². The number of benzene rings is 1. The summed E-state index contributed by atoms with van der Waals surface area (Å²) in [4.78, 5) is 11.9. The molecular weight excluding hydrogens is 284 g/mol. The minimum Gasteiger partial charge on any atom is -0.399 e. The van der Waals surface area contributed by atoms with Crippen LogP contribution in [0.3, 0.4) is 0 Å². The highest BCUT2D eigenvalue weighted by molar-refractivity contribution is 9.10. The molecular formula is C12H17BrN2O2. The zero-order valence-corrected chi connectivity index (χ0v) is 11.5. The lowest BCUT2D eigenvalue weighted by atomic mass is 10.1. The van der Waals surface area contributed by atoms with Crippen molar-refractivity contribution in [3.63, 3.8) is 0 Å². The highest BCUT2D eigenvalue weighted by Crippen LogP contribution is 2.19. The van der Waals surface area contributed by atoms with Crippen LogP contribution in [0.4, 0.5) is 5.69 Å². The molecule has 0 aliphatic carbocycles. The Morgan fingerprint density at radius 2 is 2.18 bits per heavy atom. The topological polar surface area (TPSA) is 75.3 Å². The third-order valence-corrected chi connectivity index (χ3v) is 3.00. The van der Waals surface area contributed by atoms with Gasteiger partial charge in [-0.1, -0.05) is 0 Å². The Morgan fingerprint density at radius 1 is 1.53 bits per heavy atom. The number of amides is 1. The highest BCUT2D eigenvalue weighted by atomic mass is 79.9. The lowest BCUT2D eigenvalue weighted by molar-refractivity contribution is 0.0922. The molecule has 2 unspecified atom stereocenters. The summed E-state index contributed by atoms with van der Waals surface area (Å²) in [5.74, 6) is -0.197. The van der Waals surface area contributed by atoms with Gasteiger partial charge >= 0.3 is 0 Å². The molecule has 4 nitrogen and oxygen atoms in total. The minimum atomic E-state index is -0.436. The molecule has 0 fully saturated rings. The molecule has 0 bridgehead atoms. The van der Waals surface area contributed by atoms with Crippen LogP contribution in [0, 0.1) is 0 Å². The summed E-state index contributed by atoms with van der Waals surface area (Å²) >= 11 is 3.31. The Morgan fingerprint density at radius 3 is 2.76 bits per heavy atom. The Labute approximate surface area is 109 Å². The molecule has 2 atom stereocenters. The van der Waals surface area contributed by atoms with E-state index in [1.54, 1.807) is 25.1 Å². The molecule has 1 aromatic rings. The van der Waals surface area contributed by atoms with Crippen molar-refractivity contribution in [2.75, 3.05) is 5.73 Å². The largest absolute Gasteiger partial charge is 0.399 e. The van der Waals surface area contributed by atoms with E-state index < -0.39 is 6.10 Å². The Balaban J connectivity index is 2.73. The molecule has 1 aromatic carbocycles. The van der Waals surface area contributed by atoms with Crippen LogP contribution in [0.15, 0.2) is 22.7 Å². The number of aliphatic hydroxyl groups is 1. The third kappa shape index (κ3) is 4.36. The van der Waals surface area contributed by atoms with Crippen LogP contribution in [0.2, 0.25) is 0 Å². The van der Waals surface area contributed by atoms with Crippen molar-refractivity contribution in [3.05, 3.63) is 28.2 Å². The van der Waals surface area contributed by atoms with Gasteiger partial charge in [-0.15, -0.1) is 0 Å². The van der Waals surface area contributed by atoms with E-state index in [0.29, 0.717) is 22.1 Å². The summed E-state index contributed by atoms with van der Waals surface area (Å²) in [7, 11) is 0. The average Bonchev–Trinajstić information content (AvgIpc) is 2.20. The van der Waals surface area contributed by atoms with E-state index in [9.17, 15) is 9.90 Å². The minimum absolute atomic E-state index is 0.0872. The van der Waals surface area contributed by atoms with Gasteiger partial charge in [0.15, 0.2) is 0 Å². The number of nitrogen functional groups attached to an aromatic ring is 1. The molecule has 0 spiro atoms. The van der Waals surface area contributed by atoms with Gasteiger partial charge in [-0.3, -0.25) is 4.79 Å². The molecule has 17 heavy (non-hydrogen) atoms. The van der Waals surface area contributed by atoms with Gasteiger partial charge in [0.25, 0.3) is 5.91 Å². The predicted octanol–water partition coefficient (Wildman–Crippen LogP) is 1.92. The van der Waals surface area contributed by atoms with Crippen molar-refractivity contribution >= 4 is 27.5 Å². The first-order chi connectivity index (χ1) is 7.90. The van der Waals surface area contributed by atoms with Gasteiger partial charge in [-0.2, -0.15) is 0 Å². The first-order valence-electron chi connectivity index (χ1n) is 5.44. The second-order valence-corrected chi connectivity index (χ2v) is 5.05. The van der Waals surface area contributed by atoms with Crippen molar-refractivity contribution in [2.24, 2.45) is 0 Å². The quantitative estimate of drug-likeness (QED) is 0.744. The number of nitrogens with two attached hydrogens (primary N) is 1. The Kier molecular flexibility index (Phi) is 4.96. The van der Waals surface area contributed by atoms with Crippen molar-refractivity contribution < 1.29 is 9.90 Å². The van der Waals surface area contributed by atoms with E-state index in [1.165, 1.54) is 0 Å². The summed E-state index contributed by atoms with van der Waals surface area (Å²) in [6, 6.07) is 4.99. The Bertz CT molecular complexity index is 407. The molecule has 5 heteroatoms. The summed E-state index contributed by atoms with van der Waals surface area (Å²) < 4.78 is 0.702. The summed E-state index contributed by atoms with van der Waals surface area (Å²) in [5.41, 5.74) is 6.68. The summed E-state index contributed by atoms with van der Waals surface area (Å²) in [5, 5.41) is 12.0. The molecule has 0 saturated carbocycles. The first kappa shape index (κ1) is 14.0. The van der Waals surface area contributed by atoms with E-state index in [0.717, 1.165) is 0 Å². The number of hydrogen-bond donors (Lipinski definition) is 3. The maximum atomic E-state index is 11.9. The number of rotatable bonds is 4. The van der Waals surface area contributed by atoms with Crippen LogP contribution in [0.1, 0.15) is 30.6 Å². The van der Waals surface area contributed by atoms with E-state index in [4.69, 9.17) is 5.73 Å². The summed E-state index contributed by atoms with van der Waals surface area (Å²) in [6.45, 7) is 3.55. The average molecular weight is 301 g/mol. The fourth-order valence-corrected chi connectivity index (χ4v) is 2.02. The van der Waals surface area contributed by atoms with E-state index in [2.05, 4.69) is 21.2 Å². The van der Waals surface area contributed by atoms with Gasteiger partial charge in [-0.25, -0.2) is 0 Å². The van der Waals surface area contributed by atoms with Crippen LogP contribution in [0.25, 0.3) is 0 Å². The maximum Gasteiger partial charge on any atom is 0.252 e. The smallest absolute Gasteiger partial charge is 0.252 e. The first-order valence-corrected chi connectivity index (χ1v) is 6.23. The predicted molar refractivity (Wildman–Crippen MR) is 71.8 cm³/mol. The monoisotopic (exact) mass is 300 g/mol. The van der Waals surface area contributed by atoms with Crippen LogP contribution >= 0.6 is 15.9 Å². The van der Waals surface area contributed by atoms with Gasteiger partial charge in [0, 0.05) is 16.2 Å². The molecule has 4 N–H and O–H groups in total. The second kappa shape index (κ2) is 6.02. The lowest BCUT2D eigenvalue weighted by Gasteiger charge is -2.16. The van der Waals surface area contributed by atoms with Crippen LogP contribution in [0.5, 0.6) is 0 Å². The standard InChI is InChI=1S/C12H17BrN2O2/c1-7(5-8(2)16)15-12(17)10-6-9(14)3-4-11(10)13/h3-4,6-8,16H,5,14H2,1-2H3,(H,15,17). The number of aliphatic hydroxyl groups excluding tert-OH is 1. The number of hydrogen-bond acceptors (Lipinski definition) is 3.